The van der Waals surface area contributed by atoms with Crippen LogP contribution in [0.2, 0.25) is 0 Å². The number of nitrogens with zero attached hydrogens (tertiary/aromatic N) is 3. The Morgan fingerprint density at radius 1 is 1.03 bits per heavy atom. The van der Waals surface area contributed by atoms with E-state index in [0.717, 1.165) is 5.39 Å². The number of ether oxygens (including phenoxy) is 1. The first kappa shape index (κ1) is 21.9. The van der Waals surface area contributed by atoms with E-state index in [4.69, 9.17) is 4.74 Å². The summed E-state index contributed by atoms with van der Waals surface area (Å²) >= 11 is 0. The van der Waals surface area contributed by atoms with Gasteiger partial charge in [0.2, 0.25) is 0 Å². The maximum Gasteiger partial charge on any atom is 0.340 e. The fraction of sp³-hybridized carbons (Fsp3) is 0.160. The van der Waals surface area contributed by atoms with Crippen LogP contribution >= 0.6 is 0 Å². The van der Waals surface area contributed by atoms with E-state index in [1.54, 1.807) is 31.2 Å². The number of hydrogen-bond donors (Lipinski definition) is 1. The lowest BCUT2D eigenvalue weighted by Crippen LogP contribution is -2.28. The maximum atomic E-state index is 13.2. The zero-order valence-corrected chi connectivity index (χ0v) is 18.5. The van der Waals surface area contributed by atoms with Crippen molar-refractivity contribution in [3.05, 3.63) is 82.1 Å². The molecule has 8 nitrogen and oxygen atoms in total. The van der Waals surface area contributed by atoms with E-state index in [1.165, 1.54) is 18.7 Å². The number of nitrogens with one attached hydrogen (secondary N) is 1. The molecule has 0 unspecified atom stereocenters. The van der Waals surface area contributed by atoms with Gasteiger partial charge in [-0.1, -0.05) is 42.5 Å². The van der Waals surface area contributed by atoms with Gasteiger partial charge in [0.15, 0.2) is 5.78 Å². The van der Waals surface area contributed by atoms with Crippen LogP contribution in [0.5, 0.6) is 0 Å². The summed E-state index contributed by atoms with van der Waals surface area (Å²) in [5.41, 5.74) is 1.67. The summed E-state index contributed by atoms with van der Waals surface area (Å²) in [4.78, 5) is 42.6. The first-order valence-corrected chi connectivity index (χ1v) is 10.4. The number of fused-ring (bicyclic) bond motifs is 1. The number of benzene rings is 2. The van der Waals surface area contributed by atoms with Crippen LogP contribution in [0.4, 0.5) is 11.5 Å². The van der Waals surface area contributed by atoms with Gasteiger partial charge < -0.3 is 10.1 Å². The summed E-state index contributed by atoms with van der Waals surface area (Å²) < 4.78 is 6.17. The molecule has 8 heteroatoms. The van der Waals surface area contributed by atoms with Crippen LogP contribution in [0, 0.1) is 0 Å². The molecular weight excluding hydrogens is 420 g/mol. The van der Waals surface area contributed by atoms with Crippen molar-refractivity contribution in [3.8, 4) is 11.3 Å². The molecule has 2 aromatic heterocycles. The van der Waals surface area contributed by atoms with Gasteiger partial charge in [-0.2, -0.15) is 5.10 Å². The van der Waals surface area contributed by atoms with Crippen molar-refractivity contribution >= 4 is 34.2 Å². The van der Waals surface area contributed by atoms with Crippen molar-refractivity contribution in [2.45, 2.75) is 20.4 Å². The Morgan fingerprint density at radius 2 is 1.79 bits per heavy atom. The third-order valence-electron chi connectivity index (χ3n) is 5.23. The molecule has 0 spiro atoms. The molecule has 0 aliphatic carbocycles. The highest BCUT2D eigenvalue weighted by atomic mass is 16.5. The number of anilines is 2. The highest BCUT2D eigenvalue weighted by Crippen LogP contribution is 2.28. The van der Waals surface area contributed by atoms with Crippen LogP contribution in [0.15, 0.2) is 65.5 Å². The van der Waals surface area contributed by atoms with Crippen LogP contribution in [-0.2, 0) is 11.3 Å². The minimum absolute atomic E-state index is 0.0839. The molecule has 166 valence electrons. The molecule has 0 amide bonds. The van der Waals surface area contributed by atoms with Crippen molar-refractivity contribution in [3.63, 3.8) is 0 Å². The number of Topliss-reactive ketones (excluding diaryl/α,β-unsaturated/α-hetero) is 1. The van der Waals surface area contributed by atoms with E-state index in [0.29, 0.717) is 34.7 Å². The second kappa shape index (κ2) is 9.04. The third kappa shape index (κ3) is 4.10. The SMILES string of the molecule is CCn1nc(-c2ccccc2)c(C(C)=O)c(Nc2ccc3cccc(C(=O)OC)c3n2)c1=O. The standard InChI is InChI=1S/C25H22N4O4/c1-4-29-24(31)23(20(15(2)30)22(28-29)16-9-6-5-7-10-16)27-19-14-13-17-11-8-12-18(21(17)26-19)25(32)33-3/h5-14H,4H2,1-3H3,(H,26,27). The number of carbonyl (C=O) groups excluding carboxylic acids is 2. The average Bonchev–Trinajstić information content (AvgIpc) is 2.84. The van der Waals surface area contributed by atoms with Crippen molar-refractivity contribution in [1.29, 1.82) is 0 Å². The lowest BCUT2D eigenvalue weighted by molar-refractivity contribution is 0.0602. The third-order valence-corrected chi connectivity index (χ3v) is 5.23. The maximum absolute atomic E-state index is 13.2. The predicted molar refractivity (Wildman–Crippen MR) is 126 cm³/mol. The van der Waals surface area contributed by atoms with Crippen LogP contribution in [-0.4, -0.2) is 33.6 Å². The van der Waals surface area contributed by atoms with Crippen LogP contribution in [0.1, 0.15) is 34.6 Å². The Labute approximate surface area is 189 Å². The molecule has 0 aliphatic heterocycles. The smallest absolute Gasteiger partial charge is 0.340 e. The summed E-state index contributed by atoms with van der Waals surface area (Å²) in [7, 11) is 1.30. The van der Waals surface area contributed by atoms with E-state index >= 15 is 0 Å². The van der Waals surface area contributed by atoms with Crippen molar-refractivity contribution in [2.75, 3.05) is 12.4 Å². The van der Waals surface area contributed by atoms with Crippen molar-refractivity contribution in [1.82, 2.24) is 14.8 Å². The zero-order chi connectivity index (χ0) is 23.5. The molecule has 0 saturated carbocycles. The molecule has 0 radical (unpaired) electrons. The summed E-state index contributed by atoms with van der Waals surface area (Å²) in [6.07, 6.45) is 0. The van der Waals surface area contributed by atoms with Gasteiger partial charge in [0, 0.05) is 17.5 Å². The number of carbonyl (C=O) groups is 2. The largest absolute Gasteiger partial charge is 0.465 e. The number of methoxy groups -OCH3 is 1. The molecule has 4 rings (SSSR count). The normalized spacial score (nSPS) is 10.8. The molecule has 2 heterocycles. The first-order chi connectivity index (χ1) is 15.9. The van der Waals surface area contributed by atoms with Crippen molar-refractivity contribution < 1.29 is 14.3 Å². The second-order valence-electron chi connectivity index (χ2n) is 7.33. The van der Waals surface area contributed by atoms with E-state index in [9.17, 15) is 14.4 Å². The number of esters is 1. The second-order valence-corrected chi connectivity index (χ2v) is 7.33. The van der Waals surface area contributed by atoms with Crippen molar-refractivity contribution in [2.24, 2.45) is 0 Å². The summed E-state index contributed by atoms with van der Waals surface area (Å²) in [5.74, 6) is -0.509. The molecule has 4 aromatic rings. The zero-order valence-electron chi connectivity index (χ0n) is 18.5. The lowest BCUT2D eigenvalue weighted by Gasteiger charge is -2.16. The number of aryl methyl sites for hydroxylation is 1. The van der Waals surface area contributed by atoms with Gasteiger partial charge in [-0.05, 0) is 32.0 Å². The molecular formula is C25H22N4O4. The Bertz CT molecular complexity index is 1430. The van der Waals surface area contributed by atoms with Crippen LogP contribution in [0.25, 0.3) is 22.2 Å². The highest BCUT2D eigenvalue weighted by molar-refractivity contribution is 6.06. The van der Waals surface area contributed by atoms with Crippen LogP contribution in [0.3, 0.4) is 0 Å². The number of aromatic nitrogens is 3. The Morgan fingerprint density at radius 3 is 2.45 bits per heavy atom. The molecule has 0 bridgehead atoms. The summed E-state index contributed by atoms with van der Waals surface area (Å²) in [5, 5.41) is 8.21. The number of pyridine rings is 1. The van der Waals surface area contributed by atoms with Gasteiger partial charge in [-0.3, -0.25) is 9.59 Å². The van der Waals surface area contributed by atoms with E-state index in [1.807, 2.05) is 36.4 Å². The quantitative estimate of drug-likeness (QED) is 0.352. The fourth-order valence-corrected chi connectivity index (χ4v) is 3.66. The van der Waals surface area contributed by atoms with Crippen LogP contribution < -0.4 is 10.9 Å². The van der Waals surface area contributed by atoms with Gasteiger partial charge in [-0.25, -0.2) is 14.5 Å². The number of rotatable bonds is 6. The number of hydrogen-bond acceptors (Lipinski definition) is 7. The fourth-order valence-electron chi connectivity index (χ4n) is 3.66. The number of ketones is 1. The Kier molecular flexibility index (Phi) is 5.99. The van der Waals surface area contributed by atoms with Gasteiger partial charge in [0.1, 0.15) is 17.2 Å². The molecule has 0 atom stereocenters. The molecule has 2 aromatic carbocycles. The molecule has 1 N–H and O–H groups in total. The Hall–Kier alpha value is -4.33. The summed E-state index contributed by atoms with van der Waals surface area (Å²) in [6, 6.07) is 17.9. The first-order valence-electron chi connectivity index (χ1n) is 10.4. The van der Waals surface area contributed by atoms with Gasteiger partial charge in [-0.15, -0.1) is 0 Å². The van der Waals surface area contributed by atoms with E-state index in [2.05, 4.69) is 15.4 Å². The Balaban J connectivity index is 1.93. The lowest BCUT2D eigenvalue weighted by atomic mass is 10.0. The highest BCUT2D eigenvalue weighted by Gasteiger charge is 2.22. The predicted octanol–water partition coefficient (Wildman–Crippen LogP) is 4.21. The summed E-state index contributed by atoms with van der Waals surface area (Å²) in [6.45, 7) is 3.52. The molecule has 0 aliphatic rings. The molecule has 0 fully saturated rings. The van der Waals surface area contributed by atoms with E-state index in [-0.39, 0.29) is 17.0 Å². The molecule has 33 heavy (non-hydrogen) atoms. The van der Waals surface area contributed by atoms with Gasteiger partial charge in [0.25, 0.3) is 5.56 Å². The monoisotopic (exact) mass is 442 g/mol. The number of para-hydroxylation sites is 1. The van der Waals surface area contributed by atoms with E-state index < -0.39 is 11.5 Å². The minimum atomic E-state index is -0.515. The van der Waals surface area contributed by atoms with Gasteiger partial charge >= 0.3 is 5.97 Å². The molecule has 0 saturated heterocycles. The van der Waals surface area contributed by atoms with Gasteiger partial charge in [0.05, 0.1) is 23.8 Å². The average molecular weight is 442 g/mol. The minimum Gasteiger partial charge on any atom is -0.465 e. The topological polar surface area (TPSA) is 103 Å².